The average molecular weight is 180 g/mol. The van der Waals surface area contributed by atoms with E-state index in [1.807, 2.05) is 0 Å². The van der Waals surface area contributed by atoms with Crippen molar-refractivity contribution < 1.29 is 0 Å². The fraction of sp³-hybridized carbons (Fsp3) is 0.692. The fourth-order valence-corrected chi connectivity index (χ4v) is 1.64. The molecule has 0 spiro atoms. The third kappa shape index (κ3) is 7.83. The van der Waals surface area contributed by atoms with Gasteiger partial charge in [0.25, 0.3) is 0 Å². The van der Waals surface area contributed by atoms with E-state index in [0.717, 1.165) is 5.92 Å². The summed E-state index contributed by atoms with van der Waals surface area (Å²) in [6.07, 6.45) is 15.5. The Balaban J connectivity index is 3.56. The lowest BCUT2D eigenvalue weighted by Gasteiger charge is -2.09. The van der Waals surface area contributed by atoms with Crippen LogP contribution >= 0.6 is 0 Å². The second kappa shape index (κ2) is 9.57. The summed E-state index contributed by atoms with van der Waals surface area (Å²) in [6, 6.07) is 0. The van der Waals surface area contributed by atoms with Gasteiger partial charge < -0.3 is 0 Å². The average Bonchev–Trinajstić information content (AvgIpc) is 2.13. The van der Waals surface area contributed by atoms with Gasteiger partial charge in [0, 0.05) is 0 Å². The van der Waals surface area contributed by atoms with Crippen molar-refractivity contribution in [2.45, 2.75) is 52.9 Å². The number of allylic oxidation sites excluding steroid dienone is 4. The van der Waals surface area contributed by atoms with Gasteiger partial charge in [0.1, 0.15) is 0 Å². The smallest absolute Gasteiger partial charge is 0.0234 e. The highest BCUT2D eigenvalue weighted by Gasteiger charge is 2.01. The van der Waals surface area contributed by atoms with Gasteiger partial charge in [0.15, 0.2) is 0 Å². The van der Waals surface area contributed by atoms with Gasteiger partial charge in [-0.25, -0.2) is 0 Å². The van der Waals surface area contributed by atoms with Crippen LogP contribution in [-0.4, -0.2) is 0 Å². The van der Waals surface area contributed by atoms with Crippen molar-refractivity contribution >= 4 is 0 Å². The molecular formula is C13H24. The summed E-state index contributed by atoms with van der Waals surface area (Å²) in [7, 11) is 0. The van der Waals surface area contributed by atoms with E-state index in [4.69, 9.17) is 0 Å². The molecule has 0 fully saturated rings. The molecule has 0 aromatic rings. The van der Waals surface area contributed by atoms with Crippen LogP contribution in [-0.2, 0) is 0 Å². The molecule has 0 aliphatic carbocycles. The first-order chi connectivity index (χ1) is 6.35. The van der Waals surface area contributed by atoms with Crippen LogP contribution in [0.3, 0.4) is 0 Å². The predicted molar refractivity (Wildman–Crippen MR) is 61.9 cm³/mol. The van der Waals surface area contributed by atoms with Gasteiger partial charge in [-0.05, 0) is 45.4 Å². The molecule has 13 heavy (non-hydrogen) atoms. The number of rotatable bonds is 7. The Hall–Kier alpha value is -0.520. The maximum absolute atomic E-state index is 2.36. The van der Waals surface area contributed by atoms with Crippen molar-refractivity contribution in [1.82, 2.24) is 0 Å². The maximum atomic E-state index is 2.36. The van der Waals surface area contributed by atoms with Gasteiger partial charge in [-0.1, -0.05) is 37.6 Å². The zero-order chi connectivity index (χ0) is 9.94. The summed E-state index contributed by atoms with van der Waals surface area (Å²) in [4.78, 5) is 0. The lowest BCUT2D eigenvalue weighted by molar-refractivity contribution is 0.518. The molecule has 0 heteroatoms. The van der Waals surface area contributed by atoms with Gasteiger partial charge >= 0.3 is 0 Å². The molecule has 0 aromatic heterocycles. The van der Waals surface area contributed by atoms with E-state index in [1.54, 1.807) is 0 Å². The topological polar surface area (TPSA) is 0 Å². The molecule has 1 atom stereocenters. The second-order valence-electron chi connectivity index (χ2n) is 3.57. The zero-order valence-electron chi connectivity index (χ0n) is 9.42. The third-order valence-electron chi connectivity index (χ3n) is 2.31. The lowest BCUT2D eigenvalue weighted by Crippen LogP contribution is -1.95. The van der Waals surface area contributed by atoms with Crippen LogP contribution in [0.2, 0.25) is 0 Å². The number of hydrogen-bond donors (Lipinski definition) is 0. The molecule has 0 N–H and O–H groups in total. The van der Waals surface area contributed by atoms with Crippen LogP contribution in [0.25, 0.3) is 0 Å². The van der Waals surface area contributed by atoms with Crippen molar-refractivity contribution in [3.63, 3.8) is 0 Å². The van der Waals surface area contributed by atoms with Gasteiger partial charge in [-0.2, -0.15) is 0 Å². The molecule has 0 aliphatic rings. The Morgan fingerprint density at radius 2 is 1.85 bits per heavy atom. The third-order valence-corrected chi connectivity index (χ3v) is 2.31. The van der Waals surface area contributed by atoms with E-state index in [2.05, 4.69) is 45.1 Å². The molecular weight excluding hydrogens is 156 g/mol. The first kappa shape index (κ1) is 12.5. The Kier molecular flexibility index (Phi) is 9.18. The molecule has 0 bridgehead atoms. The first-order valence-corrected chi connectivity index (χ1v) is 5.59. The van der Waals surface area contributed by atoms with E-state index in [1.165, 1.54) is 32.1 Å². The van der Waals surface area contributed by atoms with E-state index in [9.17, 15) is 0 Å². The summed E-state index contributed by atoms with van der Waals surface area (Å²) < 4.78 is 0. The lowest BCUT2D eigenvalue weighted by atomic mass is 9.96. The molecule has 0 saturated carbocycles. The quantitative estimate of drug-likeness (QED) is 0.392. The molecule has 0 heterocycles. The summed E-state index contributed by atoms with van der Waals surface area (Å²) >= 11 is 0. The minimum Gasteiger partial charge on any atom is -0.0917 e. The molecule has 0 rings (SSSR count). The second-order valence-corrected chi connectivity index (χ2v) is 3.57. The predicted octanol–water partition coefficient (Wildman–Crippen LogP) is 4.73. The van der Waals surface area contributed by atoms with Crippen LogP contribution < -0.4 is 0 Å². The summed E-state index contributed by atoms with van der Waals surface area (Å²) in [5.74, 6) is 0.820. The molecule has 0 radical (unpaired) electrons. The SMILES string of the molecule is CC=CCCCC(C=CC)CCC. The van der Waals surface area contributed by atoms with Crippen LogP contribution in [0, 0.1) is 5.92 Å². The van der Waals surface area contributed by atoms with E-state index < -0.39 is 0 Å². The molecule has 0 aliphatic heterocycles. The Labute approximate surface area is 83.7 Å². The van der Waals surface area contributed by atoms with Crippen molar-refractivity contribution in [1.29, 1.82) is 0 Å². The van der Waals surface area contributed by atoms with Gasteiger partial charge in [0.05, 0.1) is 0 Å². The molecule has 0 nitrogen and oxygen atoms in total. The van der Waals surface area contributed by atoms with Crippen molar-refractivity contribution in [3.05, 3.63) is 24.3 Å². The highest BCUT2D eigenvalue weighted by Crippen LogP contribution is 2.16. The number of unbranched alkanes of at least 4 members (excludes halogenated alkanes) is 1. The molecule has 1 unspecified atom stereocenters. The summed E-state index contributed by atoms with van der Waals surface area (Å²) in [6.45, 7) is 6.48. The van der Waals surface area contributed by atoms with Crippen LogP contribution in [0.4, 0.5) is 0 Å². The monoisotopic (exact) mass is 180 g/mol. The normalized spacial score (nSPS) is 14.4. The van der Waals surface area contributed by atoms with Gasteiger partial charge in [-0.15, -0.1) is 0 Å². The van der Waals surface area contributed by atoms with Crippen molar-refractivity contribution in [3.8, 4) is 0 Å². The Morgan fingerprint density at radius 1 is 1.08 bits per heavy atom. The molecule has 0 amide bonds. The van der Waals surface area contributed by atoms with Crippen LogP contribution in [0.5, 0.6) is 0 Å². The van der Waals surface area contributed by atoms with Crippen molar-refractivity contribution in [2.75, 3.05) is 0 Å². The summed E-state index contributed by atoms with van der Waals surface area (Å²) in [5.41, 5.74) is 0. The zero-order valence-corrected chi connectivity index (χ0v) is 9.42. The first-order valence-electron chi connectivity index (χ1n) is 5.59. The van der Waals surface area contributed by atoms with E-state index in [0.29, 0.717) is 0 Å². The fourth-order valence-electron chi connectivity index (χ4n) is 1.64. The molecule has 0 saturated heterocycles. The van der Waals surface area contributed by atoms with Crippen LogP contribution in [0.15, 0.2) is 24.3 Å². The van der Waals surface area contributed by atoms with Crippen molar-refractivity contribution in [2.24, 2.45) is 5.92 Å². The maximum Gasteiger partial charge on any atom is -0.0234 e. The molecule has 76 valence electrons. The minimum atomic E-state index is 0.820. The van der Waals surface area contributed by atoms with Gasteiger partial charge in [-0.3, -0.25) is 0 Å². The largest absolute Gasteiger partial charge is 0.0917 e. The van der Waals surface area contributed by atoms with E-state index >= 15 is 0 Å². The standard InChI is InChI=1S/C13H24/c1-4-7-8-9-12-13(10-5-2)11-6-3/h4-5,7,10,13H,6,8-9,11-12H2,1-3H3. The molecule has 0 aromatic carbocycles. The summed E-state index contributed by atoms with van der Waals surface area (Å²) in [5, 5.41) is 0. The highest BCUT2D eigenvalue weighted by molar-refractivity contribution is 4.86. The van der Waals surface area contributed by atoms with E-state index in [-0.39, 0.29) is 0 Å². The minimum absolute atomic E-state index is 0.820. The van der Waals surface area contributed by atoms with Crippen LogP contribution in [0.1, 0.15) is 52.9 Å². The Bertz CT molecular complexity index is 142. The van der Waals surface area contributed by atoms with Gasteiger partial charge in [0.2, 0.25) is 0 Å². The highest BCUT2D eigenvalue weighted by atomic mass is 14.1. The number of hydrogen-bond acceptors (Lipinski definition) is 0. The Morgan fingerprint density at radius 3 is 2.38 bits per heavy atom.